The van der Waals surface area contributed by atoms with E-state index in [4.69, 9.17) is 0 Å². The van der Waals surface area contributed by atoms with Gasteiger partial charge in [0, 0.05) is 19.4 Å². The van der Waals surface area contributed by atoms with Gasteiger partial charge in [0.05, 0.1) is 26.7 Å². The van der Waals surface area contributed by atoms with Gasteiger partial charge in [0.15, 0.2) is 0 Å². The Morgan fingerprint density at radius 1 is 1.36 bits per heavy atom. The van der Waals surface area contributed by atoms with Crippen LogP contribution in [-0.2, 0) is 4.74 Å². The van der Waals surface area contributed by atoms with E-state index in [2.05, 4.69) is 18.7 Å². The molecule has 1 heterocycles. The van der Waals surface area contributed by atoms with Crippen LogP contribution in [0.1, 0.15) is 26.7 Å². The minimum absolute atomic E-state index is 0.169. The zero-order valence-electron chi connectivity index (χ0n) is 9.41. The van der Waals surface area contributed by atoms with Crippen molar-refractivity contribution in [3.63, 3.8) is 0 Å². The minimum atomic E-state index is -1.46. The molecule has 0 bridgehead atoms. The first-order chi connectivity index (χ1) is 6.54. The zero-order valence-corrected chi connectivity index (χ0v) is 9.41. The second kappa shape index (κ2) is 6.65. The highest BCUT2D eigenvalue weighted by Gasteiger charge is 2.23. The molecule has 1 aliphatic rings. The van der Waals surface area contributed by atoms with Crippen LogP contribution in [0.4, 0.5) is 4.79 Å². The molecule has 0 aromatic carbocycles. The first kappa shape index (κ1) is 13.2. The molecule has 0 unspecified atom stereocenters. The van der Waals surface area contributed by atoms with Crippen LogP contribution in [0.5, 0.6) is 0 Å². The molecule has 1 rings (SSSR count). The maximum atomic E-state index is 9.27. The number of rotatable bonds is 2. The first-order valence-corrected chi connectivity index (χ1v) is 5.21. The number of hydrogen-bond acceptors (Lipinski definition) is 3. The van der Waals surface area contributed by atoms with Crippen LogP contribution in [0, 0.1) is 0 Å². The molecule has 4 heteroatoms. The summed E-state index contributed by atoms with van der Waals surface area (Å²) < 4.78 is 5.17. The number of carboxylic acid groups (broad SMARTS) is 1. The molecule has 0 aliphatic carbocycles. The predicted octanol–water partition coefficient (Wildman–Crippen LogP) is 0.613. The summed E-state index contributed by atoms with van der Waals surface area (Å²) in [7, 11) is 2.35. The Morgan fingerprint density at radius 3 is 2.00 bits per heavy atom. The number of carbonyl (C=O) groups excluding carboxylic acids is 1. The van der Waals surface area contributed by atoms with Crippen molar-refractivity contribution in [3.05, 3.63) is 0 Å². The Bertz CT molecular complexity index is 165. The summed E-state index contributed by atoms with van der Waals surface area (Å²) in [6.45, 7) is 8.18. The lowest BCUT2D eigenvalue weighted by molar-refractivity contribution is -0.895. The number of quaternary nitrogens is 1. The average molecular weight is 203 g/mol. The highest BCUT2D eigenvalue weighted by atomic mass is 16.7. The molecule has 1 aliphatic heterocycles. The van der Waals surface area contributed by atoms with Crippen molar-refractivity contribution in [2.45, 2.75) is 26.7 Å². The molecular weight excluding hydrogens is 182 g/mol. The van der Waals surface area contributed by atoms with Crippen LogP contribution in [0.2, 0.25) is 0 Å². The Balaban J connectivity index is 0.000000255. The number of carbonyl (C=O) groups is 1. The van der Waals surface area contributed by atoms with E-state index >= 15 is 0 Å². The Hall–Kier alpha value is -0.770. The van der Waals surface area contributed by atoms with Crippen molar-refractivity contribution in [1.82, 2.24) is 0 Å². The van der Waals surface area contributed by atoms with Crippen molar-refractivity contribution < 1.29 is 19.1 Å². The molecule has 14 heavy (non-hydrogen) atoms. The third-order valence-electron chi connectivity index (χ3n) is 2.67. The number of hydrogen-bond donors (Lipinski definition) is 0. The molecule has 0 amide bonds. The van der Waals surface area contributed by atoms with Gasteiger partial charge in [-0.15, -0.1) is 0 Å². The lowest BCUT2D eigenvalue weighted by Crippen LogP contribution is -2.40. The summed E-state index contributed by atoms with van der Waals surface area (Å²) in [4.78, 5) is 9.27. The fourth-order valence-corrected chi connectivity index (χ4v) is 1.53. The van der Waals surface area contributed by atoms with Gasteiger partial charge in [0.2, 0.25) is 0 Å². The highest BCUT2D eigenvalue weighted by molar-refractivity contribution is 5.53. The van der Waals surface area contributed by atoms with Gasteiger partial charge in [-0.1, -0.05) is 0 Å². The SMILES string of the molecule is CCOC(=O)[O-].CC[N+]1(C)CCCC1. The molecule has 0 spiro atoms. The van der Waals surface area contributed by atoms with E-state index in [9.17, 15) is 9.90 Å². The van der Waals surface area contributed by atoms with Crippen LogP contribution in [0.15, 0.2) is 0 Å². The van der Waals surface area contributed by atoms with Crippen molar-refractivity contribution in [2.75, 3.05) is 33.3 Å². The van der Waals surface area contributed by atoms with E-state index in [0.717, 1.165) is 0 Å². The summed E-state index contributed by atoms with van der Waals surface area (Å²) in [6, 6.07) is 0. The van der Waals surface area contributed by atoms with Crippen LogP contribution in [0.25, 0.3) is 0 Å². The van der Waals surface area contributed by atoms with Gasteiger partial charge in [0.1, 0.15) is 0 Å². The summed E-state index contributed by atoms with van der Waals surface area (Å²) in [6.07, 6.45) is 1.44. The summed E-state index contributed by atoms with van der Waals surface area (Å²) >= 11 is 0. The summed E-state index contributed by atoms with van der Waals surface area (Å²) in [5.41, 5.74) is 0. The van der Waals surface area contributed by atoms with Crippen molar-refractivity contribution >= 4 is 6.16 Å². The minimum Gasteiger partial charge on any atom is -0.550 e. The Labute approximate surface area is 86.1 Å². The lowest BCUT2D eigenvalue weighted by atomic mass is 10.4. The van der Waals surface area contributed by atoms with Crippen LogP contribution in [-0.4, -0.2) is 43.9 Å². The van der Waals surface area contributed by atoms with Crippen molar-refractivity contribution in [3.8, 4) is 0 Å². The molecule has 0 N–H and O–H groups in total. The fourth-order valence-electron chi connectivity index (χ4n) is 1.53. The smallest absolute Gasteiger partial charge is 0.251 e. The van der Waals surface area contributed by atoms with Crippen LogP contribution in [0.3, 0.4) is 0 Å². The second-order valence-corrected chi connectivity index (χ2v) is 3.77. The maximum Gasteiger partial charge on any atom is 0.251 e. The highest BCUT2D eigenvalue weighted by Crippen LogP contribution is 2.14. The molecule has 1 fully saturated rings. The molecule has 1 saturated heterocycles. The maximum absolute atomic E-state index is 9.27. The van der Waals surface area contributed by atoms with E-state index in [0.29, 0.717) is 0 Å². The third-order valence-corrected chi connectivity index (χ3v) is 2.67. The van der Waals surface area contributed by atoms with Crippen LogP contribution >= 0.6 is 0 Å². The van der Waals surface area contributed by atoms with Gasteiger partial charge in [-0.05, 0) is 13.8 Å². The quantitative estimate of drug-likeness (QED) is 0.488. The van der Waals surface area contributed by atoms with E-state index in [1.165, 1.54) is 37.0 Å². The molecule has 0 aromatic rings. The first-order valence-electron chi connectivity index (χ1n) is 5.21. The second-order valence-electron chi connectivity index (χ2n) is 3.77. The van der Waals surface area contributed by atoms with Gasteiger partial charge in [-0.3, -0.25) is 0 Å². The molecule has 0 aromatic heterocycles. The van der Waals surface area contributed by atoms with Crippen LogP contribution < -0.4 is 5.11 Å². The third kappa shape index (κ3) is 5.80. The largest absolute Gasteiger partial charge is 0.550 e. The Morgan fingerprint density at radius 2 is 1.86 bits per heavy atom. The fraction of sp³-hybridized carbons (Fsp3) is 0.900. The number of nitrogens with zero attached hydrogens (tertiary/aromatic N) is 1. The number of ether oxygens (including phenoxy) is 1. The predicted molar refractivity (Wildman–Crippen MR) is 52.7 cm³/mol. The molecule has 0 radical (unpaired) electrons. The average Bonchev–Trinajstić information content (AvgIpc) is 2.54. The summed E-state index contributed by atoms with van der Waals surface area (Å²) in [5.74, 6) is 0. The van der Waals surface area contributed by atoms with Gasteiger partial charge < -0.3 is 19.1 Å². The molecule has 0 saturated carbocycles. The molecular formula is C10H21NO3. The number of likely N-dealkylation sites (tertiary alicyclic amines) is 1. The normalized spacial score (nSPS) is 18.2. The van der Waals surface area contributed by atoms with Crippen molar-refractivity contribution in [2.24, 2.45) is 0 Å². The monoisotopic (exact) mass is 203 g/mol. The molecule has 84 valence electrons. The van der Waals surface area contributed by atoms with Crippen molar-refractivity contribution in [1.29, 1.82) is 0 Å². The van der Waals surface area contributed by atoms with Gasteiger partial charge in [-0.25, -0.2) is 0 Å². The molecule has 0 atom stereocenters. The standard InChI is InChI=1S/C7H16N.C3H6O3/c1-3-8(2)6-4-5-7-8;1-2-6-3(4)5/h3-7H2,1-2H3;2H2,1H3,(H,4,5)/q+1;/p-1. The lowest BCUT2D eigenvalue weighted by Gasteiger charge is -2.26. The van der Waals surface area contributed by atoms with Gasteiger partial charge >= 0.3 is 0 Å². The molecule has 4 nitrogen and oxygen atoms in total. The topological polar surface area (TPSA) is 49.4 Å². The zero-order chi connectivity index (χ0) is 11.0. The van der Waals surface area contributed by atoms with E-state index in [1.54, 1.807) is 6.92 Å². The Kier molecular flexibility index (Phi) is 6.28. The summed E-state index contributed by atoms with van der Waals surface area (Å²) in [5, 5.41) is 9.27. The van der Waals surface area contributed by atoms with Gasteiger partial charge in [0.25, 0.3) is 6.16 Å². The van der Waals surface area contributed by atoms with Gasteiger partial charge in [-0.2, -0.15) is 0 Å². The van der Waals surface area contributed by atoms with E-state index in [-0.39, 0.29) is 6.61 Å². The van der Waals surface area contributed by atoms with E-state index < -0.39 is 6.16 Å². The van der Waals surface area contributed by atoms with E-state index in [1.807, 2.05) is 0 Å².